The molecule has 1 aliphatic heterocycles. The van der Waals surface area contributed by atoms with Crippen LogP contribution in [-0.4, -0.2) is 23.6 Å². The van der Waals surface area contributed by atoms with Gasteiger partial charge in [-0.15, -0.1) is 6.58 Å². The van der Waals surface area contributed by atoms with E-state index in [1.54, 1.807) is 16.8 Å². The molecule has 1 fully saturated rings. The van der Waals surface area contributed by atoms with Crippen LogP contribution in [0.1, 0.15) is 175 Å². The molecule has 5 aromatic rings. The van der Waals surface area contributed by atoms with Gasteiger partial charge < -0.3 is 14.5 Å². The van der Waals surface area contributed by atoms with Gasteiger partial charge in [-0.05, 0) is 233 Å². The average Bonchev–Trinajstić information content (AvgIpc) is 1.55. The van der Waals surface area contributed by atoms with E-state index in [4.69, 9.17) is 4.74 Å². The molecule has 1 saturated heterocycles. The third kappa shape index (κ3) is 12.5. The molecule has 0 aromatic heterocycles. The number of allylic oxidation sites excluding steroid dienone is 25. The Morgan fingerprint density at radius 1 is 0.677 bits per heavy atom. The van der Waals surface area contributed by atoms with Gasteiger partial charge in [0.15, 0.2) is 0 Å². The minimum absolute atomic E-state index is 0.113. The zero-order valence-corrected chi connectivity index (χ0v) is 57.5. The largest absolute Gasteiger partial charge is 0.494 e. The molecule has 0 bridgehead atoms. The molecule has 1 heterocycles. The highest BCUT2D eigenvalue weighted by molar-refractivity contribution is 5.88. The summed E-state index contributed by atoms with van der Waals surface area (Å²) in [5, 5.41) is 0. The van der Waals surface area contributed by atoms with Crippen molar-refractivity contribution in [1.29, 1.82) is 0 Å². The number of anilines is 2. The highest BCUT2D eigenvalue weighted by Gasteiger charge is 2.49. The van der Waals surface area contributed by atoms with Crippen LogP contribution in [0.15, 0.2) is 284 Å². The molecule has 9 unspecified atom stereocenters. The molecule has 9 atom stereocenters. The van der Waals surface area contributed by atoms with Gasteiger partial charge in [0.05, 0.1) is 12.6 Å². The number of unbranched alkanes of at least 4 members (excludes halogenated alkanes) is 1. The third-order valence-corrected chi connectivity index (χ3v) is 23.5. The molecule has 0 saturated carbocycles. The van der Waals surface area contributed by atoms with Crippen molar-refractivity contribution < 1.29 is 4.74 Å². The van der Waals surface area contributed by atoms with Crippen LogP contribution in [0.3, 0.4) is 0 Å². The Bertz CT molecular complexity index is 4240. The first-order valence-corrected chi connectivity index (χ1v) is 36.8. The smallest absolute Gasteiger partial charge is 0.115 e. The zero-order chi connectivity index (χ0) is 65.3. The van der Waals surface area contributed by atoms with Crippen molar-refractivity contribution in [2.75, 3.05) is 11.5 Å². The first kappa shape index (κ1) is 63.4. The standard InChI is InChI=1S/C93H98N2O/c1-7-64-27-31-69(32-28-64)72-35-36-74-59-83(53-43-73(74)58-72)96-63-66(9-3)20-18-19-57-93(78-21-12-10-13-22-78)88-26-17-16-25-84(88)85-54-52-82(62-89(85)93)94(80-48-39-68(40-49-80)67-37-46-77(47-38-67)92(4,5)6)81-50-41-71(42-51-81)76-45-56-91-87(61-76)86-60-75(70-33-29-65(8-2)30-34-70)44-55-90(86)95(91)79-23-14-11-15-24-79/h7-8,10-15,17,21-23,26-28,31-33,35-39,41-44,46-48,50-55,58-59,61-62,65-66,73-74,79,86-87,91H,1-2,9,16,18-20,24-25,29-30,34,40,45,49,56-57,60,63H2,3-6H3. The Morgan fingerprint density at radius 3 is 2.20 bits per heavy atom. The monoisotopic (exact) mass is 1260 g/mol. The highest BCUT2D eigenvalue weighted by atomic mass is 16.5. The van der Waals surface area contributed by atoms with Gasteiger partial charge in [0.1, 0.15) is 5.76 Å². The summed E-state index contributed by atoms with van der Waals surface area (Å²) >= 11 is 0. The summed E-state index contributed by atoms with van der Waals surface area (Å²) in [5.41, 5.74) is 26.4. The number of rotatable bonds is 20. The van der Waals surface area contributed by atoms with Crippen LogP contribution in [0.4, 0.5) is 11.4 Å². The number of fused-ring (bicyclic) bond motifs is 6. The topological polar surface area (TPSA) is 15.7 Å². The minimum Gasteiger partial charge on any atom is -0.494 e. The van der Waals surface area contributed by atoms with E-state index >= 15 is 0 Å². The van der Waals surface area contributed by atoms with Crippen LogP contribution in [0.25, 0.3) is 28.4 Å². The predicted octanol–water partition coefficient (Wildman–Crippen LogP) is 24.0. The second-order valence-corrected chi connectivity index (χ2v) is 30.1. The number of benzene rings is 5. The van der Waals surface area contributed by atoms with Gasteiger partial charge in [-0.1, -0.05) is 248 Å². The van der Waals surface area contributed by atoms with Crippen molar-refractivity contribution >= 4 is 39.7 Å². The van der Waals surface area contributed by atoms with Gasteiger partial charge >= 0.3 is 0 Å². The maximum absolute atomic E-state index is 6.71. The van der Waals surface area contributed by atoms with Gasteiger partial charge in [0.25, 0.3) is 0 Å². The van der Waals surface area contributed by atoms with Crippen LogP contribution in [0.5, 0.6) is 0 Å². The van der Waals surface area contributed by atoms with Crippen molar-refractivity contribution in [3.05, 3.63) is 328 Å². The van der Waals surface area contributed by atoms with E-state index in [-0.39, 0.29) is 10.8 Å². The molecule has 3 nitrogen and oxygen atoms in total. The summed E-state index contributed by atoms with van der Waals surface area (Å²) in [5.74, 6) is 3.69. The molecule has 486 valence electrons. The Morgan fingerprint density at radius 2 is 1.45 bits per heavy atom. The van der Waals surface area contributed by atoms with Crippen molar-refractivity contribution in [2.45, 2.75) is 153 Å². The molecule has 15 rings (SSSR count). The van der Waals surface area contributed by atoms with Gasteiger partial charge in [0.2, 0.25) is 0 Å². The molecule has 5 aromatic carbocycles. The number of ether oxygens (including phenoxy) is 1. The fourth-order valence-corrected chi connectivity index (χ4v) is 18.0. The van der Waals surface area contributed by atoms with Crippen molar-refractivity contribution in [1.82, 2.24) is 4.90 Å². The van der Waals surface area contributed by atoms with Gasteiger partial charge in [-0.2, -0.15) is 0 Å². The lowest BCUT2D eigenvalue weighted by Gasteiger charge is -2.38. The lowest BCUT2D eigenvalue weighted by molar-refractivity contribution is 0.161. The summed E-state index contributed by atoms with van der Waals surface area (Å²) in [6.45, 7) is 18.1. The fourth-order valence-electron chi connectivity index (χ4n) is 18.0. The van der Waals surface area contributed by atoms with Crippen LogP contribution >= 0.6 is 0 Å². The summed E-state index contributed by atoms with van der Waals surface area (Å²) < 4.78 is 6.71. The fraction of sp³-hybridized carbons (Fsp3) is 0.333. The quantitative estimate of drug-likeness (QED) is 0.0571. The molecule has 0 amide bonds. The van der Waals surface area contributed by atoms with E-state index in [0.717, 1.165) is 108 Å². The second kappa shape index (κ2) is 27.5. The number of hydrogen-bond donors (Lipinski definition) is 0. The van der Waals surface area contributed by atoms with Gasteiger partial charge in [-0.3, -0.25) is 0 Å². The van der Waals surface area contributed by atoms with Crippen molar-refractivity contribution in [3.8, 4) is 0 Å². The lowest BCUT2D eigenvalue weighted by atomic mass is 9.67. The Kier molecular flexibility index (Phi) is 18.1. The molecular formula is C93H98N2O. The molecule has 96 heavy (non-hydrogen) atoms. The minimum atomic E-state index is -0.276. The summed E-state index contributed by atoms with van der Waals surface area (Å²) in [6, 6.07) is 48.0. The van der Waals surface area contributed by atoms with Crippen LogP contribution in [-0.2, 0) is 15.6 Å². The summed E-state index contributed by atoms with van der Waals surface area (Å²) in [4.78, 5) is 5.49. The van der Waals surface area contributed by atoms with E-state index < -0.39 is 0 Å². The summed E-state index contributed by atoms with van der Waals surface area (Å²) in [7, 11) is 0. The van der Waals surface area contributed by atoms with Crippen LogP contribution < -0.4 is 4.90 Å². The average molecular weight is 1260 g/mol. The highest BCUT2D eigenvalue weighted by Crippen LogP contribution is 2.58. The van der Waals surface area contributed by atoms with E-state index in [1.807, 2.05) is 6.08 Å². The molecule has 0 spiro atoms. The summed E-state index contributed by atoms with van der Waals surface area (Å²) in [6.07, 6.45) is 65.1. The van der Waals surface area contributed by atoms with E-state index in [9.17, 15) is 0 Å². The van der Waals surface area contributed by atoms with E-state index in [2.05, 4.69) is 287 Å². The zero-order valence-electron chi connectivity index (χ0n) is 57.5. The SMILES string of the molecule is C=Cc1ccc(C2=CC3C=CC(OCC(CC)CCCCC4(c5ccccc5)C5=C(CCC=C5)c5ccc(N(C6=CC=C(c7ccc(C(C)(C)C)cc7)CC6)c6ccc(C7=CC8C9CC(C%10=CCC(C=C)CC%10)=CC=C9N(C9C=CC=CC9)C8CC7)cc6)cc54)=CC3C=C2)cc1. The molecule has 10 aliphatic rings. The lowest BCUT2D eigenvalue weighted by Crippen LogP contribution is -2.40. The molecular weight excluding hydrogens is 1160 g/mol. The second-order valence-electron chi connectivity index (χ2n) is 30.1. The molecule has 9 aliphatic carbocycles. The van der Waals surface area contributed by atoms with Crippen LogP contribution in [0.2, 0.25) is 0 Å². The predicted molar refractivity (Wildman–Crippen MR) is 407 cm³/mol. The van der Waals surface area contributed by atoms with Gasteiger partial charge in [-0.25, -0.2) is 0 Å². The van der Waals surface area contributed by atoms with Crippen LogP contribution in [0, 0.1) is 35.5 Å². The Hall–Kier alpha value is -8.66. The Balaban J connectivity index is 0.718. The normalized spacial score (nSPS) is 25.7. The van der Waals surface area contributed by atoms with Gasteiger partial charge in [0, 0.05) is 57.9 Å². The first-order chi connectivity index (χ1) is 47.0. The maximum Gasteiger partial charge on any atom is 0.115 e. The van der Waals surface area contributed by atoms with E-state index in [0.29, 0.717) is 47.6 Å². The molecule has 3 heteroatoms. The molecule has 0 radical (unpaired) electrons. The number of likely N-dealkylation sites (tertiary alicyclic amines) is 1. The first-order valence-electron chi connectivity index (χ1n) is 36.8. The third-order valence-electron chi connectivity index (χ3n) is 23.5. The number of hydrogen-bond acceptors (Lipinski definition) is 3. The number of nitrogens with zero attached hydrogens (tertiary/aromatic N) is 2. The molecule has 0 N–H and O–H groups in total. The van der Waals surface area contributed by atoms with E-state index in [1.165, 1.54) is 96.7 Å². The maximum atomic E-state index is 6.71. The van der Waals surface area contributed by atoms with Crippen molar-refractivity contribution in [3.63, 3.8) is 0 Å². The van der Waals surface area contributed by atoms with Crippen molar-refractivity contribution in [2.24, 2.45) is 35.5 Å². The Labute approximate surface area is 574 Å².